The summed E-state index contributed by atoms with van der Waals surface area (Å²) in [6, 6.07) is 7.56. The smallest absolute Gasteiger partial charge is 0.124 e. The van der Waals surface area contributed by atoms with Gasteiger partial charge in [0, 0.05) is 12.2 Å². The summed E-state index contributed by atoms with van der Waals surface area (Å²) < 4.78 is 11.2. The summed E-state index contributed by atoms with van der Waals surface area (Å²) in [5, 5.41) is 10.7. The maximum atomic E-state index is 10.7. The normalized spacial score (nSPS) is 13.4. The van der Waals surface area contributed by atoms with Crippen LogP contribution in [0.25, 0.3) is 0 Å². The Hall–Kier alpha value is -1.06. The first-order valence-electron chi connectivity index (χ1n) is 6.60. The van der Waals surface area contributed by atoms with Crippen molar-refractivity contribution in [3.05, 3.63) is 29.8 Å². The SMILES string of the molecule is CCOC(CC)(CC)C(O)c1ccccc1OC. The predicted molar refractivity (Wildman–Crippen MR) is 72.9 cm³/mol. The largest absolute Gasteiger partial charge is 0.496 e. The van der Waals surface area contributed by atoms with Crippen molar-refractivity contribution in [1.29, 1.82) is 0 Å². The molecule has 0 amide bonds. The zero-order chi connectivity index (χ0) is 13.6. The molecule has 0 bridgehead atoms. The number of para-hydroxylation sites is 1. The maximum absolute atomic E-state index is 10.7. The number of hydrogen-bond acceptors (Lipinski definition) is 3. The molecule has 1 atom stereocenters. The molecular weight excluding hydrogens is 228 g/mol. The van der Waals surface area contributed by atoms with Crippen LogP contribution < -0.4 is 4.74 Å². The number of aliphatic hydroxyl groups excluding tert-OH is 1. The molecule has 0 saturated carbocycles. The molecule has 3 heteroatoms. The molecule has 0 aliphatic heterocycles. The lowest BCUT2D eigenvalue weighted by atomic mass is 9.85. The third kappa shape index (κ3) is 2.85. The first-order chi connectivity index (χ1) is 8.65. The zero-order valence-electron chi connectivity index (χ0n) is 11.8. The van der Waals surface area contributed by atoms with Crippen molar-refractivity contribution in [3.63, 3.8) is 0 Å². The fourth-order valence-corrected chi connectivity index (χ4v) is 2.38. The second-order valence-electron chi connectivity index (χ2n) is 4.35. The molecule has 1 aromatic rings. The van der Waals surface area contributed by atoms with Gasteiger partial charge in [-0.15, -0.1) is 0 Å². The van der Waals surface area contributed by atoms with E-state index in [2.05, 4.69) is 0 Å². The third-order valence-electron chi connectivity index (χ3n) is 3.56. The predicted octanol–water partition coefficient (Wildman–Crippen LogP) is 3.32. The minimum atomic E-state index is -0.677. The van der Waals surface area contributed by atoms with Crippen molar-refractivity contribution in [2.75, 3.05) is 13.7 Å². The van der Waals surface area contributed by atoms with Crippen molar-refractivity contribution < 1.29 is 14.6 Å². The molecule has 0 saturated heterocycles. The average Bonchev–Trinajstić information content (AvgIpc) is 2.44. The van der Waals surface area contributed by atoms with E-state index in [-0.39, 0.29) is 0 Å². The van der Waals surface area contributed by atoms with Gasteiger partial charge in [-0.25, -0.2) is 0 Å². The number of methoxy groups -OCH3 is 1. The quantitative estimate of drug-likeness (QED) is 0.809. The topological polar surface area (TPSA) is 38.7 Å². The minimum Gasteiger partial charge on any atom is -0.496 e. The van der Waals surface area contributed by atoms with E-state index in [1.165, 1.54) is 0 Å². The van der Waals surface area contributed by atoms with Crippen molar-refractivity contribution in [1.82, 2.24) is 0 Å². The lowest BCUT2D eigenvalue weighted by Crippen LogP contribution is -2.38. The highest BCUT2D eigenvalue weighted by Gasteiger charge is 2.37. The number of benzene rings is 1. The van der Waals surface area contributed by atoms with Crippen LogP contribution in [-0.4, -0.2) is 24.4 Å². The van der Waals surface area contributed by atoms with Crippen LogP contribution in [0.1, 0.15) is 45.3 Å². The van der Waals surface area contributed by atoms with E-state index in [1.54, 1.807) is 7.11 Å². The Balaban J connectivity index is 3.12. The Kier molecular flexibility index (Phi) is 5.63. The summed E-state index contributed by atoms with van der Waals surface area (Å²) in [5.74, 6) is 0.705. The van der Waals surface area contributed by atoms with E-state index in [9.17, 15) is 5.11 Å². The van der Waals surface area contributed by atoms with Gasteiger partial charge in [-0.05, 0) is 25.8 Å². The molecular formula is C15H24O3. The van der Waals surface area contributed by atoms with Crippen LogP contribution in [0.4, 0.5) is 0 Å². The molecule has 1 unspecified atom stereocenters. The number of hydrogen-bond donors (Lipinski definition) is 1. The first kappa shape index (κ1) is 15.0. The Morgan fingerprint density at radius 2 is 1.78 bits per heavy atom. The van der Waals surface area contributed by atoms with Gasteiger partial charge in [-0.3, -0.25) is 0 Å². The van der Waals surface area contributed by atoms with Gasteiger partial charge in [0.2, 0.25) is 0 Å². The summed E-state index contributed by atoms with van der Waals surface area (Å²) >= 11 is 0. The van der Waals surface area contributed by atoms with Gasteiger partial charge in [0.1, 0.15) is 11.9 Å². The molecule has 0 aliphatic carbocycles. The molecule has 0 heterocycles. The maximum Gasteiger partial charge on any atom is 0.124 e. The molecule has 102 valence electrons. The van der Waals surface area contributed by atoms with Gasteiger partial charge < -0.3 is 14.6 Å². The summed E-state index contributed by atoms with van der Waals surface area (Å²) in [5.41, 5.74) is 0.251. The standard InChI is InChI=1S/C15H24O3/c1-5-15(6-2,18-7-3)14(16)12-10-8-9-11-13(12)17-4/h8-11,14,16H,5-7H2,1-4H3. The molecule has 3 nitrogen and oxygen atoms in total. The van der Waals surface area contributed by atoms with Gasteiger partial charge in [-0.2, -0.15) is 0 Å². The Morgan fingerprint density at radius 3 is 2.28 bits per heavy atom. The highest BCUT2D eigenvalue weighted by atomic mass is 16.5. The molecule has 0 fully saturated rings. The van der Waals surface area contributed by atoms with Crippen LogP contribution in [0.5, 0.6) is 5.75 Å². The first-order valence-corrected chi connectivity index (χ1v) is 6.60. The second-order valence-corrected chi connectivity index (χ2v) is 4.35. The van der Waals surface area contributed by atoms with Gasteiger partial charge in [0.15, 0.2) is 0 Å². The van der Waals surface area contributed by atoms with Crippen molar-refractivity contribution in [2.45, 2.75) is 45.3 Å². The number of aliphatic hydroxyl groups is 1. The van der Waals surface area contributed by atoms with Crippen molar-refractivity contribution >= 4 is 0 Å². The molecule has 0 spiro atoms. The molecule has 0 aromatic heterocycles. The number of ether oxygens (including phenoxy) is 2. The summed E-state index contributed by atoms with van der Waals surface area (Å²) in [7, 11) is 1.62. The summed E-state index contributed by atoms with van der Waals surface area (Å²) in [6.45, 7) is 6.62. The molecule has 1 aromatic carbocycles. The Bertz CT molecular complexity index is 359. The van der Waals surface area contributed by atoms with Gasteiger partial charge in [0.25, 0.3) is 0 Å². The lowest BCUT2D eigenvalue weighted by molar-refractivity contribution is -0.128. The molecule has 18 heavy (non-hydrogen) atoms. The molecule has 1 N–H and O–H groups in total. The van der Waals surface area contributed by atoms with E-state index in [0.29, 0.717) is 12.4 Å². The molecule has 0 radical (unpaired) electrons. The Morgan fingerprint density at radius 1 is 1.17 bits per heavy atom. The van der Waals surface area contributed by atoms with Crippen molar-refractivity contribution in [3.8, 4) is 5.75 Å². The van der Waals surface area contributed by atoms with Crippen LogP contribution in [-0.2, 0) is 4.74 Å². The summed E-state index contributed by atoms with van der Waals surface area (Å²) in [6.07, 6.45) is 0.844. The lowest BCUT2D eigenvalue weighted by Gasteiger charge is -2.37. The second kappa shape index (κ2) is 6.76. The monoisotopic (exact) mass is 252 g/mol. The minimum absolute atomic E-state index is 0.538. The van der Waals surface area contributed by atoms with E-state index in [4.69, 9.17) is 9.47 Å². The van der Waals surface area contributed by atoms with Crippen LogP contribution >= 0.6 is 0 Å². The third-order valence-corrected chi connectivity index (χ3v) is 3.56. The van der Waals surface area contributed by atoms with Crippen LogP contribution in [0.15, 0.2) is 24.3 Å². The van der Waals surface area contributed by atoms with Gasteiger partial charge >= 0.3 is 0 Å². The van der Waals surface area contributed by atoms with E-state index >= 15 is 0 Å². The summed E-state index contributed by atoms with van der Waals surface area (Å²) in [4.78, 5) is 0. The zero-order valence-corrected chi connectivity index (χ0v) is 11.8. The van der Waals surface area contributed by atoms with Crippen LogP contribution in [0.3, 0.4) is 0 Å². The molecule has 0 aliphatic rings. The Labute approximate surface area is 110 Å². The fraction of sp³-hybridized carbons (Fsp3) is 0.600. The van der Waals surface area contributed by atoms with E-state index in [1.807, 2.05) is 45.0 Å². The average molecular weight is 252 g/mol. The van der Waals surface area contributed by atoms with Gasteiger partial charge in [0.05, 0.1) is 12.7 Å². The molecule has 1 rings (SSSR count). The highest BCUT2D eigenvalue weighted by molar-refractivity contribution is 5.36. The highest BCUT2D eigenvalue weighted by Crippen LogP contribution is 2.38. The van der Waals surface area contributed by atoms with Crippen molar-refractivity contribution in [2.24, 2.45) is 0 Å². The van der Waals surface area contributed by atoms with Gasteiger partial charge in [-0.1, -0.05) is 32.0 Å². The van der Waals surface area contributed by atoms with E-state index in [0.717, 1.165) is 18.4 Å². The van der Waals surface area contributed by atoms with E-state index < -0.39 is 11.7 Å². The van der Waals surface area contributed by atoms with Crippen LogP contribution in [0, 0.1) is 0 Å². The number of rotatable bonds is 7. The fourth-order valence-electron chi connectivity index (χ4n) is 2.38. The van der Waals surface area contributed by atoms with Crippen LogP contribution in [0.2, 0.25) is 0 Å².